The maximum atomic E-state index is 6.11. The number of rotatable bonds is 3. The fraction of sp³-hybridized carbons (Fsp3) is 0.500. The molecule has 0 radical (unpaired) electrons. The monoisotopic (exact) mass is 241 g/mol. The van der Waals surface area contributed by atoms with Crippen LogP contribution in [0.5, 0.6) is 0 Å². The van der Waals surface area contributed by atoms with Gasteiger partial charge in [0.25, 0.3) is 0 Å². The van der Waals surface area contributed by atoms with Crippen molar-refractivity contribution in [2.75, 3.05) is 11.5 Å². The molecular formula is C12H16ClNS. The van der Waals surface area contributed by atoms with E-state index in [0.29, 0.717) is 0 Å². The van der Waals surface area contributed by atoms with Crippen molar-refractivity contribution in [1.82, 2.24) is 0 Å². The normalized spacial score (nSPS) is 17.1. The molecule has 1 saturated carbocycles. The SMILES string of the molecule is Nc1cccc(Cl)c1SCC1CCCC1. The molecule has 0 spiro atoms. The number of hydrogen-bond acceptors (Lipinski definition) is 2. The summed E-state index contributed by atoms with van der Waals surface area (Å²) >= 11 is 7.93. The lowest BCUT2D eigenvalue weighted by molar-refractivity contribution is 0.623. The highest BCUT2D eigenvalue weighted by Crippen LogP contribution is 2.36. The van der Waals surface area contributed by atoms with Crippen LogP contribution >= 0.6 is 23.4 Å². The Kier molecular flexibility index (Phi) is 3.81. The van der Waals surface area contributed by atoms with Gasteiger partial charge in [0.1, 0.15) is 0 Å². The van der Waals surface area contributed by atoms with Crippen LogP contribution in [0, 0.1) is 5.92 Å². The van der Waals surface area contributed by atoms with Gasteiger partial charge in [-0.15, -0.1) is 11.8 Å². The highest BCUT2D eigenvalue weighted by molar-refractivity contribution is 7.99. The average molecular weight is 242 g/mol. The predicted octanol–water partition coefficient (Wildman–Crippen LogP) is 4.20. The molecule has 0 atom stereocenters. The van der Waals surface area contributed by atoms with Gasteiger partial charge in [0.2, 0.25) is 0 Å². The van der Waals surface area contributed by atoms with Gasteiger partial charge in [-0.3, -0.25) is 0 Å². The molecule has 1 aliphatic carbocycles. The molecule has 15 heavy (non-hydrogen) atoms. The number of hydrogen-bond donors (Lipinski definition) is 1. The molecule has 1 aromatic rings. The standard InChI is InChI=1S/C12H16ClNS/c13-10-6-3-7-11(14)12(10)15-8-9-4-1-2-5-9/h3,6-7,9H,1-2,4-5,8,14H2. The van der Waals surface area contributed by atoms with Crippen LogP contribution in [0.1, 0.15) is 25.7 Å². The number of thioether (sulfide) groups is 1. The van der Waals surface area contributed by atoms with E-state index >= 15 is 0 Å². The highest BCUT2D eigenvalue weighted by atomic mass is 35.5. The minimum absolute atomic E-state index is 0.790. The molecule has 82 valence electrons. The Labute approximate surface area is 100 Å². The van der Waals surface area contributed by atoms with E-state index in [2.05, 4.69) is 0 Å². The fourth-order valence-electron chi connectivity index (χ4n) is 2.06. The molecule has 3 heteroatoms. The Balaban J connectivity index is 1.97. The van der Waals surface area contributed by atoms with Crippen molar-refractivity contribution in [1.29, 1.82) is 0 Å². The third-order valence-electron chi connectivity index (χ3n) is 2.94. The predicted molar refractivity (Wildman–Crippen MR) is 68.5 cm³/mol. The van der Waals surface area contributed by atoms with Crippen molar-refractivity contribution in [2.45, 2.75) is 30.6 Å². The summed E-state index contributed by atoms with van der Waals surface area (Å²) in [5.41, 5.74) is 6.71. The van der Waals surface area contributed by atoms with Crippen LogP contribution in [0.25, 0.3) is 0 Å². The second-order valence-electron chi connectivity index (χ2n) is 4.12. The lowest BCUT2D eigenvalue weighted by Gasteiger charge is -2.11. The highest BCUT2D eigenvalue weighted by Gasteiger charge is 2.16. The van der Waals surface area contributed by atoms with Crippen LogP contribution < -0.4 is 5.73 Å². The first-order valence-electron chi connectivity index (χ1n) is 5.44. The zero-order valence-electron chi connectivity index (χ0n) is 8.71. The summed E-state index contributed by atoms with van der Waals surface area (Å²) in [5.74, 6) is 2.03. The van der Waals surface area contributed by atoms with Crippen molar-refractivity contribution in [3.63, 3.8) is 0 Å². The van der Waals surface area contributed by atoms with Crippen LogP contribution in [0.2, 0.25) is 5.02 Å². The number of nitrogen functional groups attached to an aromatic ring is 1. The second kappa shape index (κ2) is 5.13. The van der Waals surface area contributed by atoms with E-state index in [1.165, 1.54) is 25.7 Å². The Morgan fingerprint density at radius 1 is 1.33 bits per heavy atom. The maximum absolute atomic E-state index is 6.11. The molecule has 0 unspecified atom stereocenters. The molecule has 0 saturated heterocycles. The van der Waals surface area contributed by atoms with Gasteiger partial charge >= 0.3 is 0 Å². The van der Waals surface area contributed by atoms with Gasteiger partial charge in [0.15, 0.2) is 0 Å². The third-order valence-corrected chi connectivity index (χ3v) is 4.74. The summed E-state index contributed by atoms with van der Waals surface area (Å²) in [6, 6.07) is 5.73. The Morgan fingerprint density at radius 3 is 2.73 bits per heavy atom. The molecule has 2 N–H and O–H groups in total. The lowest BCUT2D eigenvalue weighted by Crippen LogP contribution is -1.98. The summed E-state index contributed by atoms with van der Waals surface area (Å²) in [5, 5.41) is 0.790. The first-order chi connectivity index (χ1) is 7.27. The second-order valence-corrected chi connectivity index (χ2v) is 5.56. The molecule has 0 aromatic heterocycles. The smallest absolute Gasteiger partial charge is 0.0562 e. The largest absolute Gasteiger partial charge is 0.398 e. The Morgan fingerprint density at radius 2 is 2.07 bits per heavy atom. The minimum atomic E-state index is 0.790. The summed E-state index contributed by atoms with van der Waals surface area (Å²) in [6.45, 7) is 0. The van der Waals surface area contributed by atoms with Gasteiger partial charge in [-0.1, -0.05) is 30.5 Å². The van der Waals surface area contributed by atoms with Gasteiger partial charge in [0, 0.05) is 16.3 Å². The van der Waals surface area contributed by atoms with Crippen LogP contribution in [0.15, 0.2) is 23.1 Å². The van der Waals surface area contributed by atoms with Crippen molar-refractivity contribution in [3.8, 4) is 0 Å². The van der Waals surface area contributed by atoms with E-state index in [9.17, 15) is 0 Å². The molecule has 1 aliphatic rings. The van der Waals surface area contributed by atoms with Crippen LogP contribution in [0.3, 0.4) is 0 Å². The molecule has 2 rings (SSSR count). The van der Waals surface area contributed by atoms with Gasteiger partial charge in [-0.05, 0) is 30.9 Å². The first kappa shape index (κ1) is 11.2. The summed E-state index contributed by atoms with van der Waals surface area (Å²) in [6.07, 6.45) is 5.53. The molecule has 1 fully saturated rings. The van der Waals surface area contributed by atoms with Crippen molar-refractivity contribution in [3.05, 3.63) is 23.2 Å². The van der Waals surface area contributed by atoms with E-state index in [0.717, 1.165) is 27.3 Å². The third kappa shape index (κ3) is 2.82. The molecular weight excluding hydrogens is 226 g/mol. The van der Waals surface area contributed by atoms with E-state index in [4.69, 9.17) is 17.3 Å². The molecule has 1 aromatic carbocycles. The van der Waals surface area contributed by atoms with Crippen LogP contribution in [-0.4, -0.2) is 5.75 Å². The van der Waals surface area contributed by atoms with Crippen molar-refractivity contribution in [2.24, 2.45) is 5.92 Å². The number of benzene rings is 1. The molecule has 0 aliphatic heterocycles. The number of anilines is 1. The minimum Gasteiger partial charge on any atom is -0.398 e. The summed E-state index contributed by atoms with van der Waals surface area (Å²) < 4.78 is 0. The van der Waals surface area contributed by atoms with Crippen LogP contribution in [0.4, 0.5) is 5.69 Å². The van der Waals surface area contributed by atoms with Gasteiger partial charge < -0.3 is 5.73 Å². The van der Waals surface area contributed by atoms with Gasteiger partial charge in [0.05, 0.1) is 5.02 Å². The topological polar surface area (TPSA) is 26.0 Å². The lowest BCUT2D eigenvalue weighted by atomic mass is 10.1. The number of nitrogens with two attached hydrogens (primary N) is 1. The Hall–Kier alpha value is -0.340. The first-order valence-corrected chi connectivity index (χ1v) is 6.80. The molecule has 0 heterocycles. The molecule has 0 bridgehead atoms. The van der Waals surface area contributed by atoms with E-state index in [-0.39, 0.29) is 0 Å². The zero-order chi connectivity index (χ0) is 10.7. The summed E-state index contributed by atoms with van der Waals surface area (Å²) in [7, 11) is 0. The van der Waals surface area contributed by atoms with Crippen molar-refractivity contribution < 1.29 is 0 Å². The van der Waals surface area contributed by atoms with E-state index < -0.39 is 0 Å². The molecule has 1 nitrogen and oxygen atoms in total. The van der Waals surface area contributed by atoms with Gasteiger partial charge in [-0.25, -0.2) is 0 Å². The van der Waals surface area contributed by atoms with Gasteiger partial charge in [-0.2, -0.15) is 0 Å². The van der Waals surface area contributed by atoms with Crippen molar-refractivity contribution >= 4 is 29.1 Å². The van der Waals surface area contributed by atoms with E-state index in [1.807, 2.05) is 30.0 Å². The quantitative estimate of drug-likeness (QED) is 0.634. The van der Waals surface area contributed by atoms with E-state index in [1.54, 1.807) is 0 Å². The Bertz CT molecular complexity index is 314. The zero-order valence-corrected chi connectivity index (χ0v) is 10.3. The number of halogens is 1. The molecule has 0 amide bonds. The summed E-state index contributed by atoms with van der Waals surface area (Å²) in [4.78, 5) is 1.06. The average Bonchev–Trinajstić information content (AvgIpc) is 2.70. The maximum Gasteiger partial charge on any atom is 0.0562 e. The fourth-order valence-corrected chi connectivity index (χ4v) is 3.58. The van der Waals surface area contributed by atoms with Crippen LogP contribution in [-0.2, 0) is 0 Å².